The maximum Gasteiger partial charge on any atom is 0.508 e. The zero-order chi connectivity index (χ0) is 34.3. The molecule has 0 aromatic carbocycles. The van der Waals surface area contributed by atoms with Gasteiger partial charge in [-0.2, -0.15) is 4.98 Å². The largest absolute Gasteiger partial charge is 0.508 e. The van der Waals surface area contributed by atoms with Gasteiger partial charge in [-0.15, -0.1) is 6.42 Å². The van der Waals surface area contributed by atoms with Gasteiger partial charge in [0.25, 0.3) is 0 Å². The van der Waals surface area contributed by atoms with Crippen LogP contribution in [0.3, 0.4) is 0 Å². The fraction of sp³-hybridized carbons (Fsp3) is 0.714. The van der Waals surface area contributed by atoms with Crippen molar-refractivity contribution in [2.45, 2.75) is 141 Å². The number of fused-ring (bicyclic) bond motifs is 1. The van der Waals surface area contributed by atoms with Crippen LogP contribution in [0.4, 0.5) is 15.4 Å². The highest BCUT2D eigenvalue weighted by Gasteiger charge is 2.41. The number of ether oxygens (including phenoxy) is 4. The van der Waals surface area contributed by atoms with Crippen molar-refractivity contribution in [3.8, 4) is 12.3 Å². The molecular formula is C35H55ClN4O7. The van der Waals surface area contributed by atoms with E-state index < -0.39 is 17.9 Å². The van der Waals surface area contributed by atoms with Gasteiger partial charge in [0.15, 0.2) is 5.60 Å². The summed E-state index contributed by atoms with van der Waals surface area (Å²) >= 11 is 5.96. The summed E-state index contributed by atoms with van der Waals surface area (Å²) in [6, 6.07) is 1.80. The molecule has 1 aliphatic heterocycles. The van der Waals surface area contributed by atoms with Crippen LogP contribution in [0, 0.1) is 12.3 Å². The fourth-order valence-corrected chi connectivity index (χ4v) is 5.62. The molecule has 1 saturated heterocycles. The Hall–Kier alpha value is -3.23. The molecule has 0 amide bonds. The number of unbranched alkanes of at least 4 members (excludes halogenated alkanes) is 14. The Kier molecular flexibility index (Phi) is 19.7. The molecule has 3 rings (SSSR count). The SMILES string of the molecule is C#C[C@@]1(COC(=O)OCCCCCCCCCC)CCC(n2ccc3c(N)nc(Cl)nc32)O1.CCCCCCCCCCOC(=O)O. The summed E-state index contributed by atoms with van der Waals surface area (Å²) in [7, 11) is 0. The van der Waals surface area contributed by atoms with E-state index in [4.69, 9.17) is 43.1 Å². The molecule has 0 saturated carbocycles. The second kappa shape index (κ2) is 23.2. The van der Waals surface area contributed by atoms with Crippen LogP contribution >= 0.6 is 11.6 Å². The van der Waals surface area contributed by atoms with Crippen LogP contribution in [0.2, 0.25) is 5.28 Å². The van der Waals surface area contributed by atoms with Crippen molar-refractivity contribution >= 4 is 40.8 Å². The Morgan fingerprint density at radius 2 is 1.51 bits per heavy atom. The lowest BCUT2D eigenvalue weighted by Crippen LogP contribution is -2.34. The van der Waals surface area contributed by atoms with Crippen molar-refractivity contribution in [2.24, 2.45) is 0 Å². The molecule has 47 heavy (non-hydrogen) atoms. The van der Waals surface area contributed by atoms with Gasteiger partial charge in [-0.3, -0.25) is 0 Å². The number of aromatic nitrogens is 3. The maximum absolute atomic E-state index is 12.0. The lowest BCUT2D eigenvalue weighted by atomic mass is 10.0. The van der Waals surface area contributed by atoms with E-state index in [-0.39, 0.29) is 18.1 Å². The summed E-state index contributed by atoms with van der Waals surface area (Å²) < 4.78 is 22.8. The van der Waals surface area contributed by atoms with Crippen LogP contribution in [-0.4, -0.2) is 57.4 Å². The summed E-state index contributed by atoms with van der Waals surface area (Å²) in [5.74, 6) is 2.95. The normalized spacial score (nSPS) is 17.1. The molecule has 1 aliphatic rings. The number of rotatable bonds is 21. The molecule has 3 N–H and O–H groups in total. The van der Waals surface area contributed by atoms with Crippen LogP contribution in [0.25, 0.3) is 11.0 Å². The second-order valence-electron chi connectivity index (χ2n) is 12.0. The minimum atomic E-state index is -1.16. The third-order valence-electron chi connectivity index (χ3n) is 8.17. The van der Waals surface area contributed by atoms with Crippen molar-refractivity contribution < 1.29 is 33.6 Å². The molecule has 1 unspecified atom stereocenters. The van der Waals surface area contributed by atoms with Gasteiger partial charge in [0.05, 0.1) is 18.6 Å². The zero-order valence-electron chi connectivity index (χ0n) is 28.4. The monoisotopic (exact) mass is 678 g/mol. The summed E-state index contributed by atoms with van der Waals surface area (Å²) in [6.07, 6.45) is 25.5. The number of carbonyl (C=O) groups is 2. The standard InChI is InChI=1S/C24H33ClN4O4.C11H22O3/c1-3-5-6-7-8-9-10-11-16-31-23(30)32-17-24(4-2)14-12-19(33-24)29-15-13-18-20(26)27-22(25)28-21(18)29;1-2-3-4-5-6-7-8-9-10-14-11(12)13/h2,13,15,19H,3,5-12,14,16-17H2,1H3,(H2,26,27,28);2-10H2,1H3,(H,12,13)/t19?,24-;/m0./s1. The fourth-order valence-electron chi connectivity index (χ4n) is 5.45. The number of hydrogen-bond acceptors (Lipinski definition) is 9. The number of anilines is 1. The number of carboxylic acid groups (broad SMARTS) is 1. The highest BCUT2D eigenvalue weighted by Crippen LogP contribution is 2.38. The predicted octanol–water partition coefficient (Wildman–Crippen LogP) is 9.46. The molecular weight excluding hydrogens is 624 g/mol. The van der Waals surface area contributed by atoms with E-state index in [9.17, 15) is 9.59 Å². The van der Waals surface area contributed by atoms with E-state index in [1.165, 1.54) is 70.6 Å². The van der Waals surface area contributed by atoms with Crippen LogP contribution in [0.15, 0.2) is 12.3 Å². The minimum absolute atomic E-state index is 0.0590. The van der Waals surface area contributed by atoms with Crippen molar-refractivity contribution in [3.05, 3.63) is 17.5 Å². The van der Waals surface area contributed by atoms with E-state index in [1.807, 2.05) is 10.8 Å². The van der Waals surface area contributed by atoms with Gasteiger partial charge in [-0.05, 0) is 43.4 Å². The molecule has 2 aromatic rings. The Bertz CT molecular complexity index is 1230. The Labute approximate surface area is 285 Å². The average Bonchev–Trinajstić information content (AvgIpc) is 3.67. The molecule has 0 radical (unpaired) electrons. The van der Waals surface area contributed by atoms with E-state index in [0.717, 1.165) is 32.1 Å². The van der Waals surface area contributed by atoms with E-state index in [0.29, 0.717) is 42.9 Å². The number of hydrogen-bond donors (Lipinski definition) is 2. The average molecular weight is 679 g/mol. The lowest BCUT2D eigenvalue weighted by Gasteiger charge is -2.23. The molecule has 0 aliphatic carbocycles. The second-order valence-corrected chi connectivity index (χ2v) is 12.4. The predicted molar refractivity (Wildman–Crippen MR) is 184 cm³/mol. The molecule has 1 fully saturated rings. The quantitative estimate of drug-likeness (QED) is 0.0566. The molecule has 12 heteroatoms. The topological polar surface area (TPSA) is 148 Å². The van der Waals surface area contributed by atoms with Gasteiger partial charge in [0, 0.05) is 6.20 Å². The molecule has 2 aromatic heterocycles. The molecule has 264 valence electrons. The summed E-state index contributed by atoms with van der Waals surface area (Å²) in [5, 5.41) is 8.93. The Morgan fingerprint density at radius 1 is 0.957 bits per heavy atom. The first-order valence-electron chi connectivity index (χ1n) is 17.4. The first-order chi connectivity index (χ1) is 22.7. The molecule has 11 nitrogen and oxygen atoms in total. The van der Waals surface area contributed by atoms with E-state index >= 15 is 0 Å². The summed E-state index contributed by atoms with van der Waals surface area (Å²) in [4.78, 5) is 30.2. The van der Waals surface area contributed by atoms with Crippen LogP contribution in [0.1, 0.15) is 136 Å². The van der Waals surface area contributed by atoms with E-state index in [1.54, 1.807) is 6.07 Å². The maximum atomic E-state index is 12.0. The first-order valence-corrected chi connectivity index (χ1v) is 17.7. The Morgan fingerprint density at radius 3 is 2.06 bits per heavy atom. The zero-order valence-corrected chi connectivity index (χ0v) is 29.1. The van der Waals surface area contributed by atoms with Gasteiger partial charge in [-0.1, -0.05) is 110 Å². The van der Waals surface area contributed by atoms with Crippen molar-refractivity contribution in [1.82, 2.24) is 14.5 Å². The molecule has 0 spiro atoms. The first kappa shape index (κ1) is 39.9. The van der Waals surface area contributed by atoms with E-state index in [2.05, 4.69) is 34.5 Å². The van der Waals surface area contributed by atoms with Crippen LogP contribution in [0.5, 0.6) is 0 Å². The van der Waals surface area contributed by atoms with Gasteiger partial charge in [0.1, 0.15) is 24.3 Å². The van der Waals surface area contributed by atoms with Crippen molar-refractivity contribution in [1.29, 1.82) is 0 Å². The number of nitrogen functional groups attached to an aromatic ring is 1. The smallest absolute Gasteiger partial charge is 0.450 e. The van der Waals surface area contributed by atoms with Crippen molar-refractivity contribution in [3.63, 3.8) is 0 Å². The summed E-state index contributed by atoms with van der Waals surface area (Å²) in [5.41, 5.74) is 5.47. The van der Waals surface area contributed by atoms with Gasteiger partial charge >= 0.3 is 12.3 Å². The number of halogens is 1. The highest BCUT2D eigenvalue weighted by molar-refractivity contribution is 6.28. The van der Waals surface area contributed by atoms with Gasteiger partial charge in [-0.25, -0.2) is 14.6 Å². The number of carbonyl (C=O) groups excluding carboxylic acids is 1. The summed E-state index contributed by atoms with van der Waals surface area (Å²) in [6.45, 7) is 5.05. The number of terminal acetylenes is 1. The molecule has 3 heterocycles. The van der Waals surface area contributed by atoms with Gasteiger partial charge in [0.2, 0.25) is 5.28 Å². The van der Waals surface area contributed by atoms with Crippen LogP contribution < -0.4 is 5.73 Å². The van der Waals surface area contributed by atoms with Gasteiger partial charge < -0.3 is 34.4 Å². The lowest BCUT2D eigenvalue weighted by molar-refractivity contribution is -0.0730. The molecule has 2 atom stereocenters. The van der Waals surface area contributed by atoms with Crippen LogP contribution in [-0.2, 0) is 18.9 Å². The number of nitrogens with zero attached hydrogens (tertiary/aromatic N) is 3. The number of nitrogens with two attached hydrogens (primary N) is 1. The highest BCUT2D eigenvalue weighted by atomic mass is 35.5. The molecule has 0 bridgehead atoms. The minimum Gasteiger partial charge on any atom is -0.450 e. The third kappa shape index (κ3) is 15.5. The van der Waals surface area contributed by atoms with Crippen molar-refractivity contribution in [2.75, 3.05) is 25.6 Å². The third-order valence-corrected chi connectivity index (χ3v) is 8.34. The Balaban J connectivity index is 0.000000463.